The lowest BCUT2D eigenvalue weighted by Crippen LogP contribution is -2.23. The first-order chi connectivity index (χ1) is 8.40. The molecule has 0 saturated heterocycles. The number of benzene rings is 1. The summed E-state index contributed by atoms with van der Waals surface area (Å²) in [5, 5.41) is 2.52. The summed E-state index contributed by atoms with van der Waals surface area (Å²) in [6.07, 6.45) is -4.76. The van der Waals surface area contributed by atoms with Gasteiger partial charge in [-0.1, -0.05) is 6.07 Å². The number of nitrogens with one attached hydrogen (secondary N) is 1. The number of aliphatic imine (C=N–C) groups is 1. The molecule has 0 unspecified atom stereocenters. The van der Waals surface area contributed by atoms with E-state index in [-0.39, 0.29) is 47.9 Å². The van der Waals surface area contributed by atoms with E-state index < -0.39 is 13.0 Å². The largest absolute Gasteiger partial charge is 0.573 e. The molecule has 4 nitrogen and oxygen atoms in total. The van der Waals surface area contributed by atoms with Gasteiger partial charge in [-0.3, -0.25) is 4.99 Å². The van der Waals surface area contributed by atoms with Gasteiger partial charge in [-0.05, 0) is 12.1 Å². The highest BCUT2D eigenvalue weighted by Gasteiger charge is 2.31. The number of rotatable bonds is 4. The molecular weight excluding hydrogens is 381 g/mol. The third-order valence-electron chi connectivity index (χ3n) is 1.71. The van der Waals surface area contributed by atoms with Crippen LogP contribution in [-0.4, -0.2) is 25.5 Å². The molecule has 0 heterocycles. The number of hydrogen-bond donors (Lipinski definition) is 2. The second kappa shape index (κ2) is 8.02. The van der Waals surface area contributed by atoms with E-state index in [0.717, 1.165) is 12.1 Å². The molecule has 0 aliphatic carbocycles. The first-order valence-electron chi connectivity index (χ1n) is 4.89. The minimum atomic E-state index is -4.76. The molecule has 1 rings (SSSR count). The zero-order valence-electron chi connectivity index (χ0n) is 9.58. The van der Waals surface area contributed by atoms with E-state index in [0.29, 0.717) is 0 Å². The molecule has 1 aromatic carbocycles. The van der Waals surface area contributed by atoms with Crippen LogP contribution in [0.3, 0.4) is 0 Å². The highest BCUT2D eigenvalue weighted by Crippen LogP contribution is 2.24. The number of nitrogens with zero attached hydrogens (tertiary/aromatic N) is 1. The molecule has 0 saturated carbocycles. The number of anilines is 1. The monoisotopic (exact) mass is 393 g/mol. The smallest absolute Gasteiger partial charge is 0.406 e. The predicted molar refractivity (Wildman–Crippen MR) is 74.6 cm³/mol. The van der Waals surface area contributed by atoms with Gasteiger partial charge in [0.05, 0.1) is 6.54 Å². The second-order valence-corrected chi connectivity index (χ2v) is 3.16. The average Bonchev–Trinajstić information content (AvgIpc) is 2.24. The number of ether oxygens (including phenoxy) is 1. The van der Waals surface area contributed by atoms with E-state index in [1.165, 1.54) is 12.1 Å². The lowest BCUT2D eigenvalue weighted by Gasteiger charge is -2.10. The van der Waals surface area contributed by atoms with Crippen LogP contribution in [0.25, 0.3) is 0 Å². The van der Waals surface area contributed by atoms with Crippen LogP contribution in [0, 0.1) is 0 Å². The third-order valence-corrected chi connectivity index (χ3v) is 1.71. The molecule has 108 valence electrons. The van der Waals surface area contributed by atoms with E-state index in [1.807, 2.05) is 0 Å². The highest BCUT2D eigenvalue weighted by atomic mass is 127. The molecule has 0 bridgehead atoms. The van der Waals surface area contributed by atoms with Gasteiger partial charge in [0, 0.05) is 11.8 Å². The SMILES string of the molecule is I.NC(=NCCF)Nc1cccc(OC(F)(F)F)c1. The Kier molecular flexibility index (Phi) is 7.49. The zero-order valence-corrected chi connectivity index (χ0v) is 11.9. The second-order valence-electron chi connectivity index (χ2n) is 3.16. The van der Waals surface area contributed by atoms with Gasteiger partial charge in [0.1, 0.15) is 12.4 Å². The number of hydrogen-bond acceptors (Lipinski definition) is 2. The van der Waals surface area contributed by atoms with Crippen LogP contribution < -0.4 is 15.8 Å². The maximum absolute atomic E-state index is 12.0. The topological polar surface area (TPSA) is 59.6 Å². The van der Waals surface area contributed by atoms with Gasteiger partial charge in [-0.25, -0.2) is 4.39 Å². The minimum Gasteiger partial charge on any atom is -0.406 e. The van der Waals surface area contributed by atoms with Crippen molar-refractivity contribution < 1.29 is 22.3 Å². The maximum Gasteiger partial charge on any atom is 0.573 e. The van der Waals surface area contributed by atoms with Crippen molar-refractivity contribution in [3.63, 3.8) is 0 Å². The van der Waals surface area contributed by atoms with Gasteiger partial charge >= 0.3 is 6.36 Å². The first-order valence-corrected chi connectivity index (χ1v) is 4.89. The van der Waals surface area contributed by atoms with Crippen LogP contribution in [0.1, 0.15) is 0 Å². The standard InChI is InChI=1S/C10H11F4N3O.HI/c11-4-5-16-9(15)17-7-2-1-3-8(6-7)18-10(12,13)14;/h1-3,6H,4-5H2,(H3,15,16,17);1H. The number of guanidine groups is 1. The normalized spacial score (nSPS) is 11.7. The fourth-order valence-corrected chi connectivity index (χ4v) is 1.12. The van der Waals surface area contributed by atoms with E-state index in [4.69, 9.17) is 5.73 Å². The molecule has 0 aromatic heterocycles. The Bertz CT molecular complexity index is 425. The van der Waals surface area contributed by atoms with Crippen molar-refractivity contribution in [2.75, 3.05) is 18.5 Å². The van der Waals surface area contributed by atoms with Crippen LogP contribution >= 0.6 is 24.0 Å². The summed E-state index contributed by atoms with van der Waals surface area (Å²) in [6, 6.07) is 5.08. The van der Waals surface area contributed by atoms with Crippen LogP contribution in [0.15, 0.2) is 29.3 Å². The Morgan fingerprint density at radius 2 is 2.05 bits per heavy atom. The van der Waals surface area contributed by atoms with Crippen LogP contribution in [0.5, 0.6) is 5.75 Å². The molecule has 0 aliphatic rings. The lowest BCUT2D eigenvalue weighted by atomic mass is 10.3. The molecule has 9 heteroatoms. The van der Waals surface area contributed by atoms with Crippen LogP contribution in [-0.2, 0) is 0 Å². The van der Waals surface area contributed by atoms with Crippen molar-refractivity contribution >= 4 is 35.6 Å². The van der Waals surface area contributed by atoms with Gasteiger partial charge in [-0.15, -0.1) is 37.1 Å². The molecule has 1 aromatic rings. The quantitative estimate of drug-likeness (QED) is 0.358. The molecule has 0 fully saturated rings. The van der Waals surface area contributed by atoms with Gasteiger partial charge in [-0.2, -0.15) is 0 Å². The van der Waals surface area contributed by atoms with Crippen molar-refractivity contribution in [3.05, 3.63) is 24.3 Å². The van der Waals surface area contributed by atoms with E-state index >= 15 is 0 Å². The molecular formula is C10H12F4IN3O. The Morgan fingerprint density at radius 1 is 1.37 bits per heavy atom. The lowest BCUT2D eigenvalue weighted by molar-refractivity contribution is -0.274. The summed E-state index contributed by atoms with van der Waals surface area (Å²) in [5.74, 6) is -0.470. The number of nitrogens with two attached hydrogens (primary N) is 1. The Morgan fingerprint density at radius 3 is 2.63 bits per heavy atom. The van der Waals surface area contributed by atoms with Crippen molar-refractivity contribution in [1.82, 2.24) is 0 Å². The van der Waals surface area contributed by atoms with E-state index in [2.05, 4.69) is 15.0 Å². The van der Waals surface area contributed by atoms with E-state index in [9.17, 15) is 17.6 Å². The van der Waals surface area contributed by atoms with E-state index in [1.54, 1.807) is 0 Å². The molecule has 3 N–H and O–H groups in total. The third kappa shape index (κ3) is 7.70. The van der Waals surface area contributed by atoms with Crippen molar-refractivity contribution in [2.45, 2.75) is 6.36 Å². The summed E-state index contributed by atoms with van der Waals surface area (Å²) in [7, 11) is 0. The summed E-state index contributed by atoms with van der Waals surface area (Å²) in [4.78, 5) is 3.59. The summed E-state index contributed by atoms with van der Waals surface area (Å²) < 4.78 is 51.4. The Labute approximate surface area is 124 Å². The Balaban J connectivity index is 0.00000324. The molecule has 19 heavy (non-hydrogen) atoms. The van der Waals surface area contributed by atoms with Gasteiger partial charge < -0.3 is 15.8 Å². The summed E-state index contributed by atoms with van der Waals surface area (Å²) >= 11 is 0. The first kappa shape index (κ1) is 17.7. The van der Waals surface area contributed by atoms with Gasteiger partial charge in [0.25, 0.3) is 0 Å². The predicted octanol–water partition coefficient (Wildman–Crippen LogP) is 2.90. The average molecular weight is 393 g/mol. The fraction of sp³-hybridized carbons (Fsp3) is 0.300. The fourth-order valence-electron chi connectivity index (χ4n) is 1.12. The molecule has 0 amide bonds. The molecule has 0 radical (unpaired) electrons. The summed E-state index contributed by atoms with van der Waals surface area (Å²) in [6.45, 7) is -0.781. The van der Waals surface area contributed by atoms with Crippen LogP contribution in [0.4, 0.5) is 23.2 Å². The van der Waals surface area contributed by atoms with Crippen molar-refractivity contribution in [1.29, 1.82) is 0 Å². The number of halogens is 5. The maximum atomic E-state index is 12.0. The molecule has 0 aliphatic heterocycles. The zero-order chi connectivity index (χ0) is 13.6. The van der Waals surface area contributed by atoms with Gasteiger partial charge in [0.2, 0.25) is 0 Å². The molecule has 0 atom stereocenters. The highest BCUT2D eigenvalue weighted by molar-refractivity contribution is 14.0. The number of alkyl halides is 4. The summed E-state index contributed by atoms with van der Waals surface area (Å²) in [5.41, 5.74) is 5.64. The van der Waals surface area contributed by atoms with Crippen molar-refractivity contribution in [3.8, 4) is 5.75 Å². The Hall–Kier alpha value is -1.26. The van der Waals surface area contributed by atoms with Gasteiger partial charge in [0.15, 0.2) is 5.96 Å². The van der Waals surface area contributed by atoms with Crippen molar-refractivity contribution in [2.24, 2.45) is 10.7 Å². The van der Waals surface area contributed by atoms with Crippen LogP contribution in [0.2, 0.25) is 0 Å². The minimum absolute atomic E-state index is 0. The molecule has 0 spiro atoms.